The average molecular weight is 311 g/mol. The summed E-state index contributed by atoms with van der Waals surface area (Å²) in [7, 11) is 0. The second-order valence-electron chi connectivity index (χ2n) is 5.68. The van der Waals surface area contributed by atoms with Crippen LogP contribution in [0, 0.1) is 0 Å². The van der Waals surface area contributed by atoms with E-state index in [-0.39, 0.29) is 5.91 Å². The van der Waals surface area contributed by atoms with E-state index >= 15 is 0 Å². The summed E-state index contributed by atoms with van der Waals surface area (Å²) in [6.45, 7) is 5.82. The third-order valence-corrected chi connectivity index (χ3v) is 4.05. The minimum atomic E-state index is 0.157. The van der Waals surface area contributed by atoms with Gasteiger partial charge in [-0.1, -0.05) is 18.2 Å². The molecule has 0 saturated carbocycles. The number of para-hydroxylation sites is 1. The molecule has 5 nitrogen and oxygen atoms in total. The van der Waals surface area contributed by atoms with Gasteiger partial charge in [0.1, 0.15) is 11.5 Å². The Labute approximate surface area is 136 Å². The minimum absolute atomic E-state index is 0.157. The van der Waals surface area contributed by atoms with Crippen LogP contribution in [0.5, 0.6) is 11.5 Å². The molecule has 0 radical (unpaired) electrons. The summed E-state index contributed by atoms with van der Waals surface area (Å²) in [5.74, 6) is 1.75. The number of nitrogens with zero attached hydrogens (tertiary/aromatic N) is 3. The molecule has 1 aliphatic rings. The van der Waals surface area contributed by atoms with Crippen molar-refractivity contribution in [1.29, 1.82) is 0 Å². The molecule has 0 bridgehead atoms. The predicted octanol–water partition coefficient (Wildman–Crippen LogP) is 2.54. The topological polar surface area (TPSA) is 45.7 Å². The lowest BCUT2D eigenvalue weighted by molar-refractivity contribution is -0.130. The van der Waals surface area contributed by atoms with Crippen molar-refractivity contribution in [2.75, 3.05) is 26.2 Å². The summed E-state index contributed by atoms with van der Waals surface area (Å²) in [5, 5.41) is 0. The first-order chi connectivity index (χ1) is 11.2. The van der Waals surface area contributed by atoms with Gasteiger partial charge in [-0.3, -0.25) is 14.7 Å². The Balaban J connectivity index is 1.66. The van der Waals surface area contributed by atoms with Crippen molar-refractivity contribution in [3.05, 3.63) is 54.4 Å². The third kappa shape index (κ3) is 4.07. The summed E-state index contributed by atoms with van der Waals surface area (Å²) in [5.41, 5.74) is 1.15. The summed E-state index contributed by atoms with van der Waals surface area (Å²) in [4.78, 5) is 19.7. The quantitative estimate of drug-likeness (QED) is 0.870. The number of pyridine rings is 1. The zero-order valence-corrected chi connectivity index (χ0v) is 13.3. The Kier molecular flexibility index (Phi) is 4.88. The molecule has 0 aliphatic carbocycles. The maximum atomic E-state index is 11.4. The summed E-state index contributed by atoms with van der Waals surface area (Å²) < 4.78 is 5.96. The van der Waals surface area contributed by atoms with Crippen molar-refractivity contribution in [3.63, 3.8) is 0 Å². The molecule has 1 aliphatic heterocycles. The number of aromatic nitrogens is 1. The molecule has 1 aromatic heterocycles. The highest BCUT2D eigenvalue weighted by molar-refractivity contribution is 5.73. The van der Waals surface area contributed by atoms with Gasteiger partial charge in [-0.25, -0.2) is 0 Å². The van der Waals surface area contributed by atoms with E-state index in [2.05, 4.69) is 16.0 Å². The molecular formula is C18H21N3O2. The molecule has 0 N–H and O–H groups in total. The van der Waals surface area contributed by atoms with Crippen molar-refractivity contribution >= 4 is 5.91 Å². The Hall–Kier alpha value is -2.40. The fraction of sp³-hybridized carbons (Fsp3) is 0.333. The standard InChI is InChI=1S/C18H21N3O2/c1-15(22)21-11-9-20(10-12-21)14-16-5-2-3-7-18(16)23-17-6-4-8-19-13-17/h2-8,13H,9-12,14H2,1H3. The number of hydrogen-bond donors (Lipinski definition) is 0. The fourth-order valence-corrected chi connectivity index (χ4v) is 2.73. The van der Waals surface area contributed by atoms with E-state index in [1.165, 1.54) is 0 Å². The summed E-state index contributed by atoms with van der Waals surface area (Å²) >= 11 is 0. The lowest BCUT2D eigenvalue weighted by Crippen LogP contribution is -2.47. The maximum absolute atomic E-state index is 11.4. The lowest BCUT2D eigenvalue weighted by Gasteiger charge is -2.34. The van der Waals surface area contributed by atoms with Crippen molar-refractivity contribution in [3.8, 4) is 11.5 Å². The first-order valence-electron chi connectivity index (χ1n) is 7.86. The van der Waals surface area contributed by atoms with Crippen LogP contribution in [0.1, 0.15) is 12.5 Å². The molecule has 0 atom stereocenters. The number of piperazine rings is 1. The molecule has 0 spiro atoms. The summed E-state index contributed by atoms with van der Waals surface area (Å²) in [6, 6.07) is 11.8. The van der Waals surface area contributed by atoms with Crippen molar-refractivity contribution < 1.29 is 9.53 Å². The van der Waals surface area contributed by atoms with Gasteiger partial charge < -0.3 is 9.64 Å². The van der Waals surface area contributed by atoms with Gasteiger partial charge in [-0.15, -0.1) is 0 Å². The van der Waals surface area contributed by atoms with E-state index < -0.39 is 0 Å². The smallest absolute Gasteiger partial charge is 0.219 e. The Morgan fingerprint density at radius 1 is 1.13 bits per heavy atom. The lowest BCUT2D eigenvalue weighted by atomic mass is 10.1. The van der Waals surface area contributed by atoms with Crippen LogP contribution in [-0.4, -0.2) is 46.9 Å². The molecule has 3 rings (SSSR count). The number of rotatable bonds is 4. The van der Waals surface area contributed by atoms with Gasteiger partial charge in [0.25, 0.3) is 0 Å². The molecule has 0 unspecified atom stereocenters. The molecule has 23 heavy (non-hydrogen) atoms. The SMILES string of the molecule is CC(=O)N1CCN(Cc2ccccc2Oc2cccnc2)CC1. The zero-order valence-electron chi connectivity index (χ0n) is 13.3. The largest absolute Gasteiger partial charge is 0.455 e. The molecular weight excluding hydrogens is 290 g/mol. The number of ether oxygens (including phenoxy) is 1. The fourth-order valence-electron chi connectivity index (χ4n) is 2.73. The number of carbonyl (C=O) groups is 1. The third-order valence-electron chi connectivity index (χ3n) is 4.05. The molecule has 120 valence electrons. The number of amides is 1. The maximum Gasteiger partial charge on any atom is 0.219 e. The summed E-state index contributed by atoms with van der Waals surface area (Å²) in [6.07, 6.45) is 3.44. The van der Waals surface area contributed by atoms with Gasteiger partial charge in [-0.05, 0) is 18.2 Å². The second-order valence-corrected chi connectivity index (χ2v) is 5.68. The highest BCUT2D eigenvalue weighted by Crippen LogP contribution is 2.25. The van der Waals surface area contributed by atoms with E-state index in [1.54, 1.807) is 19.3 Å². The van der Waals surface area contributed by atoms with Gasteiger partial charge in [-0.2, -0.15) is 0 Å². The highest BCUT2D eigenvalue weighted by atomic mass is 16.5. The zero-order chi connectivity index (χ0) is 16.1. The highest BCUT2D eigenvalue weighted by Gasteiger charge is 2.19. The van der Waals surface area contributed by atoms with Crippen LogP contribution in [0.15, 0.2) is 48.8 Å². The van der Waals surface area contributed by atoms with E-state index in [1.807, 2.05) is 35.2 Å². The van der Waals surface area contributed by atoms with E-state index in [0.29, 0.717) is 0 Å². The minimum Gasteiger partial charge on any atom is -0.455 e. The van der Waals surface area contributed by atoms with Crippen molar-refractivity contribution in [2.45, 2.75) is 13.5 Å². The predicted molar refractivity (Wildman–Crippen MR) is 88.3 cm³/mol. The molecule has 1 aromatic carbocycles. The monoisotopic (exact) mass is 311 g/mol. The van der Waals surface area contributed by atoms with E-state index in [0.717, 1.165) is 49.8 Å². The molecule has 1 saturated heterocycles. The normalized spacial score (nSPS) is 15.4. The van der Waals surface area contributed by atoms with Gasteiger partial charge in [0.05, 0.1) is 6.20 Å². The van der Waals surface area contributed by atoms with Gasteiger partial charge in [0.2, 0.25) is 5.91 Å². The second kappa shape index (κ2) is 7.24. The Morgan fingerprint density at radius 2 is 1.91 bits per heavy atom. The van der Waals surface area contributed by atoms with Crippen molar-refractivity contribution in [1.82, 2.24) is 14.8 Å². The first kappa shape index (κ1) is 15.5. The van der Waals surface area contributed by atoms with Gasteiger partial charge >= 0.3 is 0 Å². The van der Waals surface area contributed by atoms with Crippen LogP contribution in [-0.2, 0) is 11.3 Å². The molecule has 1 amide bonds. The number of carbonyl (C=O) groups excluding carboxylic acids is 1. The first-order valence-corrected chi connectivity index (χ1v) is 7.86. The Bertz CT molecular complexity index is 652. The van der Waals surface area contributed by atoms with Crippen LogP contribution in [0.3, 0.4) is 0 Å². The van der Waals surface area contributed by atoms with E-state index in [4.69, 9.17) is 4.74 Å². The van der Waals surface area contributed by atoms with Crippen LogP contribution < -0.4 is 4.74 Å². The van der Waals surface area contributed by atoms with Crippen LogP contribution in [0.2, 0.25) is 0 Å². The number of hydrogen-bond acceptors (Lipinski definition) is 4. The molecule has 2 heterocycles. The molecule has 2 aromatic rings. The molecule has 5 heteroatoms. The van der Waals surface area contributed by atoms with Gasteiger partial charge in [0.15, 0.2) is 0 Å². The van der Waals surface area contributed by atoms with Gasteiger partial charge in [0, 0.05) is 51.4 Å². The number of benzene rings is 1. The van der Waals surface area contributed by atoms with Crippen molar-refractivity contribution in [2.24, 2.45) is 0 Å². The van der Waals surface area contributed by atoms with E-state index in [9.17, 15) is 4.79 Å². The van der Waals surface area contributed by atoms with Crippen LogP contribution >= 0.6 is 0 Å². The van der Waals surface area contributed by atoms with Crippen LogP contribution in [0.4, 0.5) is 0 Å². The Morgan fingerprint density at radius 3 is 2.61 bits per heavy atom. The average Bonchev–Trinajstić information content (AvgIpc) is 2.58. The van der Waals surface area contributed by atoms with Crippen LogP contribution in [0.25, 0.3) is 0 Å². The molecule has 1 fully saturated rings.